The van der Waals surface area contributed by atoms with Crippen molar-refractivity contribution >= 4 is 41.2 Å². The van der Waals surface area contributed by atoms with Crippen LogP contribution in [0.1, 0.15) is 33.3 Å². The number of carbonyl (C=O) groups is 2. The zero-order valence-corrected chi connectivity index (χ0v) is 16.2. The number of halogens is 2. The predicted molar refractivity (Wildman–Crippen MR) is 100 cm³/mol. The third kappa shape index (κ3) is 4.25. The molecule has 1 aromatic carbocycles. The van der Waals surface area contributed by atoms with E-state index >= 15 is 0 Å². The largest absolute Gasteiger partial charge is 0.462 e. The van der Waals surface area contributed by atoms with E-state index in [1.807, 2.05) is 13.8 Å². The molecule has 25 heavy (non-hydrogen) atoms. The smallest absolute Gasteiger partial charge is 0.340 e. The van der Waals surface area contributed by atoms with Crippen LogP contribution in [0.5, 0.6) is 0 Å². The van der Waals surface area contributed by atoms with E-state index in [-0.39, 0.29) is 18.4 Å². The number of rotatable bonds is 5. The van der Waals surface area contributed by atoms with Gasteiger partial charge in [-0.1, -0.05) is 43.1 Å². The van der Waals surface area contributed by atoms with Gasteiger partial charge in [-0.05, 0) is 43.5 Å². The Labute approximate surface area is 158 Å². The van der Waals surface area contributed by atoms with Gasteiger partial charge >= 0.3 is 5.97 Å². The number of hydrogen-bond acceptors (Lipinski definition) is 3. The van der Waals surface area contributed by atoms with Gasteiger partial charge in [-0.25, -0.2) is 4.79 Å². The lowest BCUT2D eigenvalue weighted by atomic mass is 10.0. The summed E-state index contributed by atoms with van der Waals surface area (Å²) in [5, 5.41) is 0.916. The van der Waals surface area contributed by atoms with Crippen molar-refractivity contribution in [2.45, 2.75) is 27.7 Å². The van der Waals surface area contributed by atoms with Crippen LogP contribution in [0.25, 0.3) is 6.08 Å². The molecular formula is C19H21Cl2NO3. The zero-order valence-electron chi connectivity index (χ0n) is 14.7. The van der Waals surface area contributed by atoms with Gasteiger partial charge < -0.3 is 9.64 Å². The molecule has 4 nitrogen and oxygen atoms in total. The van der Waals surface area contributed by atoms with Gasteiger partial charge in [0.25, 0.3) is 5.91 Å². The van der Waals surface area contributed by atoms with Gasteiger partial charge in [0, 0.05) is 22.3 Å². The molecule has 1 aromatic rings. The van der Waals surface area contributed by atoms with Crippen LogP contribution >= 0.6 is 23.2 Å². The minimum Gasteiger partial charge on any atom is -0.462 e. The Balaban J connectivity index is 2.54. The Morgan fingerprint density at radius 3 is 2.56 bits per heavy atom. The van der Waals surface area contributed by atoms with E-state index in [4.69, 9.17) is 27.9 Å². The van der Waals surface area contributed by atoms with E-state index in [1.165, 1.54) is 0 Å². The minimum atomic E-state index is -0.504. The van der Waals surface area contributed by atoms with Gasteiger partial charge in [-0.3, -0.25) is 4.79 Å². The van der Waals surface area contributed by atoms with E-state index in [9.17, 15) is 9.59 Å². The van der Waals surface area contributed by atoms with Crippen LogP contribution < -0.4 is 0 Å². The predicted octanol–water partition coefficient (Wildman–Crippen LogP) is 4.71. The number of benzene rings is 1. The summed E-state index contributed by atoms with van der Waals surface area (Å²) in [4.78, 5) is 26.9. The number of allylic oxidation sites excluding steroid dienone is 1. The van der Waals surface area contributed by atoms with Crippen molar-refractivity contribution in [3.8, 4) is 0 Å². The maximum absolute atomic E-state index is 12.9. The van der Waals surface area contributed by atoms with Crippen molar-refractivity contribution in [3.63, 3.8) is 0 Å². The zero-order chi connectivity index (χ0) is 18.7. The highest BCUT2D eigenvalue weighted by atomic mass is 35.5. The van der Waals surface area contributed by atoms with Gasteiger partial charge in [-0.2, -0.15) is 0 Å². The molecule has 1 aliphatic heterocycles. The van der Waals surface area contributed by atoms with E-state index < -0.39 is 5.97 Å². The Kier molecular flexibility index (Phi) is 6.31. The highest BCUT2D eigenvalue weighted by molar-refractivity contribution is 6.35. The van der Waals surface area contributed by atoms with Gasteiger partial charge in [0.05, 0.1) is 17.8 Å². The molecule has 0 unspecified atom stereocenters. The fraction of sp³-hybridized carbons (Fsp3) is 0.368. The van der Waals surface area contributed by atoms with Crippen molar-refractivity contribution in [2.24, 2.45) is 5.92 Å². The fourth-order valence-corrected chi connectivity index (χ4v) is 3.15. The van der Waals surface area contributed by atoms with Crippen LogP contribution in [-0.4, -0.2) is 29.9 Å². The second kappa shape index (κ2) is 8.07. The molecule has 0 aromatic heterocycles. The normalized spacial score (nSPS) is 16.4. The first-order valence-electron chi connectivity index (χ1n) is 8.13. The quantitative estimate of drug-likeness (QED) is 0.547. The van der Waals surface area contributed by atoms with Gasteiger partial charge in [0.15, 0.2) is 0 Å². The lowest BCUT2D eigenvalue weighted by Crippen LogP contribution is -2.28. The summed E-state index contributed by atoms with van der Waals surface area (Å²) < 4.78 is 5.14. The highest BCUT2D eigenvalue weighted by Crippen LogP contribution is 2.33. The molecule has 0 aliphatic carbocycles. The fourth-order valence-electron chi connectivity index (χ4n) is 2.69. The summed E-state index contributed by atoms with van der Waals surface area (Å²) in [7, 11) is 0. The first kappa shape index (κ1) is 19.5. The average Bonchev–Trinajstić information content (AvgIpc) is 2.74. The number of nitrogens with zero attached hydrogens (tertiary/aromatic N) is 1. The summed E-state index contributed by atoms with van der Waals surface area (Å²) in [6.45, 7) is 8.29. The highest BCUT2D eigenvalue weighted by Gasteiger charge is 2.37. The van der Waals surface area contributed by atoms with Gasteiger partial charge in [0.1, 0.15) is 0 Å². The third-order valence-corrected chi connectivity index (χ3v) is 4.36. The van der Waals surface area contributed by atoms with Crippen LogP contribution in [0.15, 0.2) is 35.0 Å². The minimum absolute atomic E-state index is 0.222. The second-order valence-electron chi connectivity index (χ2n) is 6.21. The van der Waals surface area contributed by atoms with Crippen LogP contribution in [0, 0.1) is 5.92 Å². The van der Waals surface area contributed by atoms with E-state index in [0.717, 1.165) is 0 Å². The van der Waals surface area contributed by atoms with E-state index in [0.29, 0.717) is 39.0 Å². The molecule has 0 fully saturated rings. The van der Waals surface area contributed by atoms with Gasteiger partial charge in [0.2, 0.25) is 0 Å². The molecule has 0 saturated carbocycles. The standard InChI is InChI=1S/C19H21Cl2NO3/c1-5-25-19(24)17-12(4)22(10-11(2)3)18(23)15(17)8-13-6-7-14(20)9-16(13)21/h6-9,11H,5,10H2,1-4H3/b15-8-. The van der Waals surface area contributed by atoms with E-state index in [1.54, 1.807) is 43.0 Å². The molecule has 1 heterocycles. The molecule has 0 radical (unpaired) electrons. The number of carbonyl (C=O) groups excluding carboxylic acids is 2. The molecule has 134 valence electrons. The SMILES string of the molecule is CCOC(=O)C1=C(C)N(CC(C)C)C(=O)/C1=C\c1ccc(Cl)cc1Cl. The Hall–Kier alpha value is -1.78. The number of hydrogen-bond donors (Lipinski definition) is 0. The second-order valence-corrected chi connectivity index (χ2v) is 7.06. The Bertz CT molecular complexity index is 766. The van der Waals surface area contributed by atoms with Crippen LogP contribution in [-0.2, 0) is 14.3 Å². The van der Waals surface area contributed by atoms with Crippen LogP contribution in [0.2, 0.25) is 10.0 Å². The first-order chi connectivity index (χ1) is 11.8. The lowest BCUT2D eigenvalue weighted by molar-refractivity contribution is -0.138. The summed E-state index contributed by atoms with van der Waals surface area (Å²) in [5.41, 5.74) is 1.81. The monoisotopic (exact) mass is 381 g/mol. The molecule has 2 rings (SSSR count). The lowest BCUT2D eigenvalue weighted by Gasteiger charge is -2.19. The molecular weight excluding hydrogens is 361 g/mol. The van der Waals surface area contributed by atoms with Gasteiger partial charge in [-0.15, -0.1) is 0 Å². The van der Waals surface area contributed by atoms with Crippen LogP contribution in [0.4, 0.5) is 0 Å². The molecule has 1 amide bonds. The third-order valence-electron chi connectivity index (χ3n) is 3.80. The first-order valence-corrected chi connectivity index (χ1v) is 8.88. The number of ether oxygens (including phenoxy) is 1. The molecule has 0 spiro atoms. The number of amides is 1. The summed E-state index contributed by atoms with van der Waals surface area (Å²) in [6.07, 6.45) is 1.62. The Morgan fingerprint density at radius 2 is 2.00 bits per heavy atom. The van der Waals surface area contributed by atoms with Crippen molar-refractivity contribution < 1.29 is 14.3 Å². The summed E-state index contributed by atoms with van der Waals surface area (Å²) >= 11 is 12.1. The molecule has 0 bridgehead atoms. The van der Waals surface area contributed by atoms with Crippen LogP contribution in [0.3, 0.4) is 0 Å². The molecule has 0 N–H and O–H groups in total. The Morgan fingerprint density at radius 1 is 1.32 bits per heavy atom. The number of esters is 1. The summed E-state index contributed by atoms with van der Waals surface area (Å²) in [5.74, 6) is -0.461. The van der Waals surface area contributed by atoms with Crippen molar-refractivity contribution in [1.29, 1.82) is 0 Å². The van der Waals surface area contributed by atoms with E-state index in [2.05, 4.69) is 0 Å². The van der Waals surface area contributed by atoms with Crippen molar-refractivity contribution in [3.05, 3.63) is 50.7 Å². The maximum atomic E-state index is 12.9. The molecule has 0 atom stereocenters. The maximum Gasteiger partial charge on any atom is 0.340 e. The topological polar surface area (TPSA) is 46.6 Å². The van der Waals surface area contributed by atoms with Crippen molar-refractivity contribution in [2.75, 3.05) is 13.2 Å². The summed E-state index contributed by atoms with van der Waals surface area (Å²) in [6, 6.07) is 5.00. The molecule has 0 saturated heterocycles. The average molecular weight is 382 g/mol. The van der Waals surface area contributed by atoms with Crippen molar-refractivity contribution in [1.82, 2.24) is 4.90 Å². The molecule has 6 heteroatoms. The molecule has 1 aliphatic rings.